The number of nitrogens with one attached hydrogen (secondary N) is 1. The predicted octanol–water partition coefficient (Wildman–Crippen LogP) is 3.98. The zero-order chi connectivity index (χ0) is 18.2. The van der Waals surface area contributed by atoms with Gasteiger partial charge in [0.25, 0.3) is 5.91 Å². The highest BCUT2D eigenvalue weighted by atomic mass is 79.9. The van der Waals surface area contributed by atoms with Crippen LogP contribution in [0.3, 0.4) is 0 Å². The average Bonchev–Trinajstić information content (AvgIpc) is 2.57. The quantitative estimate of drug-likeness (QED) is 0.653. The van der Waals surface area contributed by atoms with Gasteiger partial charge in [-0.3, -0.25) is 4.79 Å². The Morgan fingerprint density at radius 2 is 2.28 bits per heavy atom. The van der Waals surface area contributed by atoms with E-state index in [4.69, 9.17) is 4.74 Å². The molecule has 0 saturated carbocycles. The van der Waals surface area contributed by atoms with Gasteiger partial charge in [-0.2, -0.15) is 0 Å². The number of benzene rings is 1. The summed E-state index contributed by atoms with van der Waals surface area (Å²) in [5.41, 5.74) is 0. The Labute approximate surface area is 158 Å². The van der Waals surface area contributed by atoms with Crippen molar-refractivity contribution in [2.24, 2.45) is 5.92 Å². The average molecular weight is 415 g/mol. The molecule has 1 aliphatic heterocycles. The third-order valence-corrected chi connectivity index (χ3v) is 5.13. The number of hydrogen-bond acceptors (Lipinski definition) is 3. The Balaban J connectivity index is 1.62. The van der Waals surface area contributed by atoms with E-state index in [1.165, 1.54) is 44.1 Å². The fraction of sp³-hybridized carbons (Fsp3) is 0.632. The van der Waals surface area contributed by atoms with E-state index >= 15 is 0 Å². The lowest BCUT2D eigenvalue weighted by Crippen LogP contribution is -2.37. The summed E-state index contributed by atoms with van der Waals surface area (Å²) in [7, 11) is 0. The molecule has 1 heterocycles. The topological polar surface area (TPSA) is 41.6 Å². The molecule has 1 aromatic rings. The van der Waals surface area contributed by atoms with Gasteiger partial charge in [0.1, 0.15) is 11.6 Å². The Morgan fingerprint density at radius 3 is 3.00 bits per heavy atom. The summed E-state index contributed by atoms with van der Waals surface area (Å²) >= 11 is 3.24. The zero-order valence-electron chi connectivity index (χ0n) is 15.1. The number of amides is 1. The van der Waals surface area contributed by atoms with E-state index in [1.54, 1.807) is 6.92 Å². The van der Waals surface area contributed by atoms with Crippen LogP contribution in [0.1, 0.15) is 39.5 Å². The molecule has 4 nitrogen and oxygen atoms in total. The monoisotopic (exact) mass is 414 g/mol. The fourth-order valence-electron chi connectivity index (χ4n) is 3.12. The molecule has 1 fully saturated rings. The fourth-order valence-corrected chi connectivity index (χ4v) is 3.56. The maximum atomic E-state index is 13.1. The molecular formula is C19H28BrFN2O2. The summed E-state index contributed by atoms with van der Waals surface area (Å²) < 4.78 is 19.2. The number of carbonyl (C=O) groups excluding carboxylic acids is 1. The second-order valence-electron chi connectivity index (χ2n) is 6.88. The molecular weight excluding hydrogens is 387 g/mol. The number of rotatable bonds is 8. The Bertz CT molecular complexity index is 570. The molecule has 1 amide bonds. The maximum absolute atomic E-state index is 13.1. The lowest BCUT2D eigenvalue weighted by Gasteiger charge is -2.30. The van der Waals surface area contributed by atoms with Crippen molar-refractivity contribution >= 4 is 21.8 Å². The first kappa shape index (κ1) is 20.2. The van der Waals surface area contributed by atoms with Crippen LogP contribution in [0.15, 0.2) is 22.7 Å². The number of halogens is 2. The van der Waals surface area contributed by atoms with Crippen molar-refractivity contribution in [2.75, 3.05) is 26.2 Å². The van der Waals surface area contributed by atoms with E-state index in [0.29, 0.717) is 16.8 Å². The van der Waals surface area contributed by atoms with Gasteiger partial charge in [0.15, 0.2) is 6.10 Å². The molecule has 2 atom stereocenters. The molecule has 0 bridgehead atoms. The third kappa shape index (κ3) is 6.94. The number of ether oxygens (including phenoxy) is 1. The molecule has 1 N–H and O–H groups in total. The van der Waals surface area contributed by atoms with E-state index in [1.807, 2.05) is 0 Å². The van der Waals surface area contributed by atoms with Crippen molar-refractivity contribution in [3.8, 4) is 5.75 Å². The molecule has 0 unspecified atom stereocenters. The molecule has 0 radical (unpaired) electrons. The standard InChI is InChI=1S/C19H28BrFN2O2/c1-14-6-5-11-23(13-14)10-4-3-9-22-19(24)15(2)25-18-8-7-16(21)12-17(18)20/h7-8,12,14-15H,3-6,9-11,13H2,1-2H3,(H,22,24)/t14-,15+/m1/s1. The molecule has 140 valence electrons. The van der Waals surface area contributed by atoms with Gasteiger partial charge >= 0.3 is 0 Å². The number of hydrogen-bond donors (Lipinski definition) is 1. The minimum atomic E-state index is -0.621. The van der Waals surface area contributed by atoms with Crippen LogP contribution in [0.25, 0.3) is 0 Å². The first-order valence-corrected chi connectivity index (χ1v) is 9.87. The van der Waals surface area contributed by atoms with Crippen molar-refractivity contribution in [2.45, 2.75) is 45.6 Å². The summed E-state index contributed by atoms with van der Waals surface area (Å²) in [5.74, 6) is 0.766. The summed E-state index contributed by atoms with van der Waals surface area (Å²) in [6.07, 6.45) is 4.07. The number of likely N-dealkylation sites (tertiary alicyclic amines) is 1. The Morgan fingerprint density at radius 1 is 1.48 bits per heavy atom. The van der Waals surface area contributed by atoms with Crippen LogP contribution in [-0.4, -0.2) is 43.1 Å². The van der Waals surface area contributed by atoms with Crippen LogP contribution in [-0.2, 0) is 4.79 Å². The third-order valence-electron chi connectivity index (χ3n) is 4.51. The van der Waals surface area contributed by atoms with Crippen LogP contribution in [0.5, 0.6) is 5.75 Å². The highest BCUT2D eigenvalue weighted by Crippen LogP contribution is 2.26. The van der Waals surface area contributed by atoms with Gasteiger partial charge in [-0.05, 0) is 85.7 Å². The molecule has 1 aliphatic rings. The van der Waals surface area contributed by atoms with E-state index in [0.717, 1.165) is 25.3 Å². The minimum Gasteiger partial charge on any atom is -0.480 e. The summed E-state index contributed by atoms with van der Waals surface area (Å²) in [6, 6.07) is 4.15. The molecule has 25 heavy (non-hydrogen) atoms. The summed E-state index contributed by atoms with van der Waals surface area (Å²) in [6.45, 7) is 8.17. The van der Waals surface area contributed by atoms with Gasteiger partial charge in [-0.25, -0.2) is 4.39 Å². The zero-order valence-corrected chi connectivity index (χ0v) is 16.6. The van der Waals surface area contributed by atoms with Crippen molar-refractivity contribution in [3.63, 3.8) is 0 Å². The first-order chi connectivity index (χ1) is 12.0. The van der Waals surface area contributed by atoms with Crippen molar-refractivity contribution in [3.05, 3.63) is 28.5 Å². The van der Waals surface area contributed by atoms with Gasteiger partial charge in [0.2, 0.25) is 0 Å². The Kier molecular flexibility index (Phi) is 8.16. The van der Waals surface area contributed by atoms with Crippen LogP contribution in [0.4, 0.5) is 4.39 Å². The highest BCUT2D eigenvalue weighted by molar-refractivity contribution is 9.10. The lowest BCUT2D eigenvalue weighted by atomic mass is 10.0. The summed E-state index contributed by atoms with van der Waals surface area (Å²) in [4.78, 5) is 14.6. The van der Waals surface area contributed by atoms with Crippen molar-refractivity contribution in [1.29, 1.82) is 0 Å². The molecule has 1 saturated heterocycles. The molecule has 2 rings (SSSR count). The van der Waals surface area contributed by atoms with Crippen LogP contribution in [0, 0.1) is 11.7 Å². The normalized spacial score (nSPS) is 19.4. The van der Waals surface area contributed by atoms with Crippen molar-refractivity contribution in [1.82, 2.24) is 10.2 Å². The second-order valence-corrected chi connectivity index (χ2v) is 7.74. The number of unbranched alkanes of at least 4 members (excludes halogenated alkanes) is 1. The molecule has 0 spiro atoms. The van der Waals surface area contributed by atoms with Crippen LogP contribution < -0.4 is 10.1 Å². The van der Waals surface area contributed by atoms with Crippen LogP contribution >= 0.6 is 15.9 Å². The highest BCUT2D eigenvalue weighted by Gasteiger charge is 2.17. The minimum absolute atomic E-state index is 0.150. The van der Waals surface area contributed by atoms with E-state index in [9.17, 15) is 9.18 Å². The van der Waals surface area contributed by atoms with Crippen molar-refractivity contribution < 1.29 is 13.9 Å². The van der Waals surface area contributed by atoms with Gasteiger partial charge in [-0.1, -0.05) is 6.92 Å². The predicted molar refractivity (Wildman–Crippen MR) is 101 cm³/mol. The number of nitrogens with zero attached hydrogens (tertiary/aromatic N) is 1. The van der Waals surface area contributed by atoms with E-state index < -0.39 is 6.10 Å². The molecule has 0 aromatic heterocycles. The lowest BCUT2D eigenvalue weighted by molar-refractivity contribution is -0.127. The maximum Gasteiger partial charge on any atom is 0.260 e. The first-order valence-electron chi connectivity index (χ1n) is 9.07. The largest absolute Gasteiger partial charge is 0.480 e. The van der Waals surface area contributed by atoms with Gasteiger partial charge in [0, 0.05) is 13.1 Å². The van der Waals surface area contributed by atoms with E-state index in [-0.39, 0.29) is 11.7 Å². The number of carbonyl (C=O) groups is 1. The van der Waals surface area contributed by atoms with Gasteiger partial charge in [0.05, 0.1) is 4.47 Å². The Hall–Kier alpha value is -1.14. The van der Waals surface area contributed by atoms with Gasteiger partial charge < -0.3 is 15.0 Å². The van der Waals surface area contributed by atoms with Gasteiger partial charge in [-0.15, -0.1) is 0 Å². The number of piperidine rings is 1. The molecule has 0 aliphatic carbocycles. The molecule has 6 heteroatoms. The second kappa shape index (κ2) is 10.1. The SMILES string of the molecule is C[C@@H]1CCCN(CCCCNC(=O)[C@H](C)Oc2ccc(F)cc2Br)C1. The smallest absolute Gasteiger partial charge is 0.260 e. The van der Waals surface area contributed by atoms with E-state index in [2.05, 4.69) is 33.1 Å². The summed E-state index contributed by atoms with van der Waals surface area (Å²) in [5, 5.41) is 2.91. The molecule has 1 aromatic carbocycles. The van der Waals surface area contributed by atoms with Crippen LogP contribution in [0.2, 0.25) is 0 Å².